The molecule has 0 spiro atoms. The van der Waals surface area contributed by atoms with E-state index in [9.17, 15) is 18.8 Å². The number of fused-ring (bicyclic) bond motifs is 1. The Balaban J connectivity index is 1.54. The summed E-state index contributed by atoms with van der Waals surface area (Å²) in [5.41, 5.74) is 3.91. The van der Waals surface area contributed by atoms with Crippen LogP contribution in [0.3, 0.4) is 0 Å². The van der Waals surface area contributed by atoms with E-state index in [1.165, 1.54) is 12.1 Å². The summed E-state index contributed by atoms with van der Waals surface area (Å²) < 4.78 is 18.4. The lowest BCUT2D eigenvalue weighted by Gasteiger charge is -2.38. The maximum atomic E-state index is 13.3. The monoisotopic (exact) mass is 494 g/mol. The maximum absolute atomic E-state index is 13.3. The Labute approximate surface area is 209 Å². The van der Waals surface area contributed by atoms with Crippen LogP contribution in [-0.2, 0) is 33.7 Å². The number of hydrogen-bond acceptors (Lipinski definition) is 5. The second-order valence-electron chi connectivity index (χ2n) is 8.99. The molecule has 2 unspecified atom stereocenters. The topological polar surface area (TPSA) is 99.8 Å². The van der Waals surface area contributed by atoms with Gasteiger partial charge in [0.25, 0.3) is 0 Å². The molecule has 2 aromatic carbocycles. The molecule has 0 aromatic heterocycles. The van der Waals surface area contributed by atoms with Crippen molar-refractivity contribution in [2.24, 2.45) is 0 Å². The molecule has 2 atom stereocenters. The van der Waals surface area contributed by atoms with Gasteiger partial charge in [0.1, 0.15) is 5.82 Å². The number of esters is 1. The van der Waals surface area contributed by atoms with Crippen molar-refractivity contribution in [2.75, 3.05) is 19.7 Å². The van der Waals surface area contributed by atoms with E-state index in [0.29, 0.717) is 37.2 Å². The van der Waals surface area contributed by atoms with E-state index in [1.807, 2.05) is 29.2 Å². The molecule has 2 heterocycles. The quantitative estimate of drug-likeness (QED) is 0.490. The lowest BCUT2D eigenvalue weighted by atomic mass is 9.92. The number of nitrogens with one attached hydrogen (secondary N) is 3. The van der Waals surface area contributed by atoms with Crippen LogP contribution in [0.15, 0.2) is 59.8 Å². The van der Waals surface area contributed by atoms with Crippen LogP contribution >= 0.6 is 0 Å². The van der Waals surface area contributed by atoms with E-state index in [0.717, 1.165) is 16.7 Å². The fourth-order valence-corrected chi connectivity index (χ4v) is 4.71. The second-order valence-corrected chi connectivity index (χ2v) is 8.99. The first-order chi connectivity index (χ1) is 17.4. The number of urea groups is 1. The van der Waals surface area contributed by atoms with Gasteiger partial charge in [0, 0.05) is 25.3 Å². The van der Waals surface area contributed by atoms with E-state index in [-0.39, 0.29) is 24.9 Å². The normalized spacial score (nSPS) is 19.7. The van der Waals surface area contributed by atoms with E-state index >= 15 is 0 Å². The zero-order chi connectivity index (χ0) is 25.7. The van der Waals surface area contributed by atoms with E-state index < -0.39 is 24.1 Å². The standard InChI is InChI=1S/C27H31FN4O4/c1-3-36-26(34)24-17(2)30-27(35)31-22(24)16-32-15-20-7-5-4-6-19(20)14-23(32)25(33)29-13-12-18-8-10-21(28)11-9-18/h4-11,17,23H,3,12-16H2,1-2H3,(H,29,33)(H2,30,31,35). The van der Waals surface area contributed by atoms with Crippen molar-refractivity contribution in [1.82, 2.24) is 20.9 Å². The summed E-state index contributed by atoms with van der Waals surface area (Å²) in [4.78, 5) is 40.2. The number of carbonyl (C=O) groups excluding carboxylic acids is 3. The molecular formula is C27H31FN4O4. The van der Waals surface area contributed by atoms with Crippen LogP contribution in [0, 0.1) is 5.82 Å². The molecule has 3 amide bonds. The van der Waals surface area contributed by atoms with E-state index in [4.69, 9.17) is 4.74 Å². The first-order valence-corrected chi connectivity index (χ1v) is 12.2. The van der Waals surface area contributed by atoms with Gasteiger partial charge in [-0.05, 0) is 55.5 Å². The van der Waals surface area contributed by atoms with Crippen molar-refractivity contribution in [1.29, 1.82) is 0 Å². The Morgan fingerprint density at radius 1 is 1.14 bits per heavy atom. The van der Waals surface area contributed by atoms with Crippen molar-refractivity contribution in [3.8, 4) is 0 Å². The molecule has 2 aliphatic rings. The Morgan fingerprint density at radius 2 is 1.86 bits per heavy atom. The summed E-state index contributed by atoms with van der Waals surface area (Å²) in [6, 6.07) is 12.7. The summed E-state index contributed by atoms with van der Waals surface area (Å²) in [6.45, 7) is 4.78. The van der Waals surface area contributed by atoms with Crippen LogP contribution < -0.4 is 16.0 Å². The minimum Gasteiger partial charge on any atom is -0.463 e. The van der Waals surface area contributed by atoms with Crippen LogP contribution in [-0.4, -0.2) is 54.6 Å². The van der Waals surface area contributed by atoms with E-state index in [2.05, 4.69) is 16.0 Å². The Bertz CT molecular complexity index is 1160. The summed E-state index contributed by atoms with van der Waals surface area (Å²) in [5.74, 6) is -0.932. The highest BCUT2D eigenvalue weighted by Gasteiger charge is 2.35. The van der Waals surface area contributed by atoms with Crippen molar-refractivity contribution in [3.63, 3.8) is 0 Å². The number of carbonyl (C=O) groups is 3. The second kappa shape index (κ2) is 11.3. The first kappa shape index (κ1) is 25.4. The average Bonchev–Trinajstić information content (AvgIpc) is 2.84. The van der Waals surface area contributed by atoms with Gasteiger partial charge < -0.3 is 20.7 Å². The van der Waals surface area contributed by atoms with Gasteiger partial charge in [-0.1, -0.05) is 36.4 Å². The third-order valence-electron chi connectivity index (χ3n) is 6.50. The molecule has 0 radical (unpaired) electrons. The van der Waals surface area contributed by atoms with Gasteiger partial charge in [-0.25, -0.2) is 14.0 Å². The highest BCUT2D eigenvalue weighted by molar-refractivity contribution is 5.94. The zero-order valence-electron chi connectivity index (χ0n) is 20.5. The minimum absolute atomic E-state index is 0.141. The molecule has 8 nitrogen and oxygen atoms in total. The van der Waals surface area contributed by atoms with Gasteiger partial charge in [0.15, 0.2) is 0 Å². The fourth-order valence-electron chi connectivity index (χ4n) is 4.71. The molecule has 4 rings (SSSR count). The number of nitrogens with zero attached hydrogens (tertiary/aromatic N) is 1. The molecule has 0 bridgehead atoms. The number of hydrogen-bond donors (Lipinski definition) is 3. The molecule has 0 saturated heterocycles. The Morgan fingerprint density at radius 3 is 2.58 bits per heavy atom. The summed E-state index contributed by atoms with van der Waals surface area (Å²) in [5, 5.41) is 8.47. The third-order valence-corrected chi connectivity index (χ3v) is 6.50. The van der Waals surface area contributed by atoms with Crippen LogP contribution in [0.1, 0.15) is 30.5 Å². The van der Waals surface area contributed by atoms with Gasteiger partial charge in [-0.3, -0.25) is 9.69 Å². The van der Waals surface area contributed by atoms with Gasteiger partial charge in [-0.2, -0.15) is 0 Å². The third kappa shape index (κ3) is 5.91. The van der Waals surface area contributed by atoms with Crippen LogP contribution in [0.2, 0.25) is 0 Å². The molecule has 3 N–H and O–H groups in total. The molecule has 0 fully saturated rings. The molecular weight excluding hydrogens is 463 g/mol. The van der Waals surface area contributed by atoms with Crippen LogP contribution in [0.25, 0.3) is 0 Å². The largest absolute Gasteiger partial charge is 0.463 e. The van der Waals surface area contributed by atoms with Crippen molar-refractivity contribution < 1.29 is 23.5 Å². The smallest absolute Gasteiger partial charge is 0.337 e. The number of benzene rings is 2. The molecule has 190 valence electrons. The predicted octanol–water partition coefficient (Wildman–Crippen LogP) is 2.43. The van der Waals surface area contributed by atoms with Crippen molar-refractivity contribution in [3.05, 3.63) is 82.3 Å². The number of halogens is 1. The molecule has 0 aliphatic carbocycles. The highest BCUT2D eigenvalue weighted by Crippen LogP contribution is 2.26. The molecule has 0 saturated carbocycles. The van der Waals surface area contributed by atoms with Crippen LogP contribution in [0.5, 0.6) is 0 Å². The SMILES string of the molecule is CCOC(=O)C1=C(CN2Cc3ccccc3CC2C(=O)NCCc2ccc(F)cc2)NC(=O)NC1C. The van der Waals surface area contributed by atoms with Gasteiger partial charge in [0.2, 0.25) is 5.91 Å². The average molecular weight is 495 g/mol. The van der Waals surface area contributed by atoms with E-state index in [1.54, 1.807) is 26.0 Å². The summed E-state index contributed by atoms with van der Waals surface area (Å²) in [7, 11) is 0. The summed E-state index contributed by atoms with van der Waals surface area (Å²) in [6.07, 6.45) is 1.08. The fraction of sp³-hybridized carbons (Fsp3) is 0.370. The number of ether oxygens (including phenoxy) is 1. The van der Waals surface area contributed by atoms with Crippen LogP contribution in [0.4, 0.5) is 9.18 Å². The van der Waals surface area contributed by atoms with Gasteiger partial charge in [-0.15, -0.1) is 0 Å². The van der Waals surface area contributed by atoms with Gasteiger partial charge in [0.05, 0.1) is 24.3 Å². The maximum Gasteiger partial charge on any atom is 0.337 e. The summed E-state index contributed by atoms with van der Waals surface area (Å²) >= 11 is 0. The van der Waals surface area contributed by atoms with Crippen molar-refractivity contribution in [2.45, 2.75) is 45.3 Å². The molecule has 2 aromatic rings. The Kier molecular flexibility index (Phi) is 8.00. The zero-order valence-corrected chi connectivity index (χ0v) is 20.5. The number of rotatable bonds is 8. The molecule has 9 heteroatoms. The Hall–Kier alpha value is -3.72. The lowest BCUT2D eigenvalue weighted by Crippen LogP contribution is -2.55. The predicted molar refractivity (Wildman–Crippen MR) is 132 cm³/mol. The molecule has 36 heavy (non-hydrogen) atoms. The lowest BCUT2D eigenvalue weighted by molar-refractivity contribution is -0.139. The first-order valence-electron chi connectivity index (χ1n) is 12.2. The molecule has 2 aliphatic heterocycles. The highest BCUT2D eigenvalue weighted by atomic mass is 19.1. The number of amides is 3. The van der Waals surface area contributed by atoms with Gasteiger partial charge >= 0.3 is 12.0 Å². The minimum atomic E-state index is -0.520. The van der Waals surface area contributed by atoms with Crippen molar-refractivity contribution >= 4 is 17.9 Å².